The van der Waals surface area contributed by atoms with Gasteiger partial charge in [-0.1, -0.05) is 39.8 Å². The number of anilines is 1. The number of rotatable bonds is 5. The van der Waals surface area contributed by atoms with Crippen LogP contribution in [0, 0.1) is 24.7 Å². The highest BCUT2D eigenvalue weighted by Crippen LogP contribution is 2.22. The van der Waals surface area contributed by atoms with Gasteiger partial charge < -0.3 is 5.32 Å². The zero-order chi connectivity index (χ0) is 14.7. The number of hydrogen-bond acceptors (Lipinski definition) is 3. The van der Waals surface area contributed by atoms with Crippen LogP contribution in [0.4, 0.5) is 5.82 Å². The summed E-state index contributed by atoms with van der Waals surface area (Å²) in [4.78, 5) is 9.31. The van der Waals surface area contributed by atoms with Gasteiger partial charge in [0.05, 0.1) is 16.7 Å². The molecule has 1 N–H and O–H groups in total. The average Bonchev–Trinajstić information content (AvgIpc) is 2.38. The van der Waals surface area contributed by atoms with Crippen LogP contribution in [0.5, 0.6) is 0 Å². The Morgan fingerprint density at radius 3 is 2.05 bits per heavy atom. The number of para-hydroxylation sites is 2. The third-order valence-electron chi connectivity index (χ3n) is 3.96. The lowest BCUT2D eigenvalue weighted by Crippen LogP contribution is -2.25. The average molecular weight is 271 g/mol. The van der Waals surface area contributed by atoms with Crippen molar-refractivity contribution >= 4 is 16.9 Å². The van der Waals surface area contributed by atoms with Gasteiger partial charge in [0.15, 0.2) is 0 Å². The number of nitrogens with one attached hydrogen (secondary N) is 1. The molecule has 3 nitrogen and oxygen atoms in total. The van der Waals surface area contributed by atoms with Gasteiger partial charge in [-0.3, -0.25) is 0 Å². The van der Waals surface area contributed by atoms with Crippen molar-refractivity contribution in [1.29, 1.82) is 0 Å². The van der Waals surface area contributed by atoms with E-state index in [2.05, 4.69) is 38.0 Å². The van der Waals surface area contributed by atoms with E-state index in [0.29, 0.717) is 17.8 Å². The van der Waals surface area contributed by atoms with Crippen LogP contribution in [0.2, 0.25) is 0 Å². The Bertz CT molecular complexity index is 567. The molecule has 1 aromatic carbocycles. The van der Waals surface area contributed by atoms with Crippen LogP contribution in [0.15, 0.2) is 24.3 Å². The number of fused-ring (bicyclic) bond motifs is 1. The zero-order valence-corrected chi connectivity index (χ0v) is 13.1. The van der Waals surface area contributed by atoms with E-state index in [1.54, 1.807) is 0 Å². The molecular weight excluding hydrogens is 246 g/mol. The van der Waals surface area contributed by atoms with Gasteiger partial charge in [-0.05, 0) is 36.8 Å². The second kappa shape index (κ2) is 6.21. The first kappa shape index (κ1) is 14.8. The van der Waals surface area contributed by atoms with E-state index in [0.717, 1.165) is 29.1 Å². The molecule has 20 heavy (non-hydrogen) atoms. The largest absolute Gasteiger partial charge is 0.368 e. The highest BCUT2D eigenvalue weighted by atomic mass is 15.0. The summed E-state index contributed by atoms with van der Waals surface area (Å²) in [5.74, 6) is 2.88. The van der Waals surface area contributed by atoms with Gasteiger partial charge in [0.2, 0.25) is 0 Å². The van der Waals surface area contributed by atoms with Crippen molar-refractivity contribution in [1.82, 2.24) is 9.97 Å². The Labute approximate surface area is 121 Å². The summed E-state index contributed by atoms with van der Waals surface area (Å²) in [5, 5.41) is 3.49. The monoisotopic (exact) mass is 271 g/mol. The van der Waals surface area contributed by atoms with Crippen LogP contribution < -0.4 is 5.32 Å². The molecule has 0 atom stereocenters. The summed E-state index contributed by atoms with van der Waals surface area (Å²) in [6.45, 7) is 12.1. The molecule has 0 amide bonds. The Kier molecular flexibility index (Phi) is 4.58. The minimum absolute atomic E-state index is 0.641. The summed E-state index contributed by atoms with van der Waals surface area (Å²) in [5.41, 5.74) is 2.88. The molecule has 2 rings (SSSR count). The molecule has 0 saturated heterocycles. The highest BCUT2D eigenvalue weighted by Gasteiger charge is 2.17. The van der Waals surface area contributed by atoms with Gasteiger partial charge >= 0.3 is 0 Å². The molecule has 0 bridgehead atoms. The molecule has 0 aliphatic heterocycles. The first-order valence-electron chi connectivity index (χ1n) is 7.46. The van der Waals surface area contributed by atoms with E-state index in [-0.39, 0.29) is 0 Å². The van der Waals surface area contributed by atoms with Crippen molar-refractivity contribution < 1.29 is 0 Å². The van der Waals surface area contributed by atoms with Crippen molar-refractivity contribution in [3.63, 3.8) is 0 Å². The van der Waals surface area contributed by atoms with E-state index in [1.807, 2.05) is 31.2 Å². The van der Waals surface area contributed by atoms with Gasteiger partial charge in [-0.25, -0.2) is 9.97 Å². The summed E-state index contributed by atoms with van der Waals surface area (Å²) >= 11 is 0. The standard InChI is InChI=1S/C17H25N3/c1-11(2)14(12(3)4)10-18-17-13(5)19-15-8-6-7-9-16(15)20-17/h6-9,11-12,14H,10H2,1-5H3,(H,18,20). The number of aromatic nitrogens is 2. The Hall–Kier alpha value is -1.64. The van der Waals surface area contributed by atoms with Crippen molar-refractivity contribution in [3.05, 3.63) is 30.0 Å². The fraction of sp³-hybridized carbons (Fsp3) is 0.529. The predicted octanol–water partition coefficient (Wildman–Crippen LogP) is 4.28. The lowest BCUT2D eigenvalue weighted by atomic mass is 9.85. The number of benzene rings is 1. The summed E-state index contributed by atoms with van der Waals surface area (Å²) in [6, 6.07) is 8.01. The maximum Gasteiger partial charge on any atom is 0.148 e. The fourth-order valence-electron chi connectivity index (χ4n) is 2.71. The number of nitrogens with zero attached hydrogens (tertiary/aromatic N) is 2. The van der Waals surface area contributed by atoms with Crippen molar-refractivity contribution in [2.45, 2.75) is 34.6 Å². The summed E-state index contributed by atoms with van der Waals surface area (Å²) in [7, 11) is 0. The lowest BCUT2D eigenvalue weighted by molar-refractivity contribution is 0.304. The Morgan fingerprint density at radius 1 is 0.950 bits per heavy atom. The fourth-order valence-corrected chi connectivity index (χ4v) is 2.71. The van der Waals surface area contributed by atoms with E-state index in [9.17, 15) is 0 Å². The number of hydrogen-bond donors (Lipinski definition) is 1. The van der Waals surface area contributed by atoms with Gasteiger partial charge in [0.25, 0.3) is 0 Å². The third kappa shape index (κ3) is 3.27. The van der Waals surface area contributed by atoms with Crippen LogP contribution in [0.25, 0.3) is 11.0 Å². The van der Waals surface area contributed by atoms with E-state index in [1.165, 1.54) is 0 Å². The van der Waals surface area contributed by atoms with Gasteiger partial charge in [0, 0.05) is 6.54 Å². The smallest absolute Gasteiger partial charge is 0.148 e. The van der Waals surface area contributed by atoms with Gasteiger partial charge in [-0.2, -0.15) is 0 Å². The molecule has 0 spiro atoms. The first-order chi connectivity index (χ1) is 9.49. The van der Waals surface area contributed by atoms with Crippen molar-refractivity contribution in [2.75, 3.05) is 11.9 Å². The summed E-state index contributed by atoms with van der Waals surface area (Å²) < 4.78 is 0. The molecule has 1 aromatic heterocycles. The molecule has 0 radical (unpaired) electrons. The first-order valence-corrected chi connectivity index (χ1v) is 7.46. The maximum absolute atomic E-state index is 4.69. The van der Waals surface area contributed by atoms with Crippen LogP contribution in [-0.4, -0.2) is 16.5 Å². The predicted molar refractivity (Wildman–Crippen MR) is 85.9 cm³/mol. The molecule has 1 heterocycles. The molecular formula is C17H25N3. The molecule has 0 saturated carbocycles. The minimum Gasteiger partial charge on any atom is -0.368 e. The third-order valence-corrected chi connectivity index (χ3v) is 3.96. The Balaban J connectivity index is 2.19. The quantitative estimate of drug-likeness (QED) is 0.882. The van der Waals surface area contributed by atoms with Gasteiger partial charge in [0.1, 0.15) is 5.82 Å². The van der Waals surface area contributed by atoms with Crippen LogP contribution >= 0.6 is 0 Å². The topological polar surface area (TPSA) is 37.8 Å². The van der Waals surface area contributed by atoms with E-state index >= 15 is 0 Å². The molecule has 0 aliphatic carbocycles. The van der Waals surface area contributed by atoms with Crippen molar-refractivity contribution in [3.8, 4) is 0 Å². The maximum atomic E-state index is 4.69. The van der Waals surface area contributed by atoms with Gasteiger partial charge in [-0.15, -0.1) is 0 Å². The minimum atomic E-state index is 0.641. The highest BCUT2D eigenvalue weighted by molar-refractivity contribution is 5.76. The second-order valence-electron chi connectivity index (χ2n) is 6.18. The van der Waals surface area contributed by atoms with Crippen molar-refractivity contribution in [2.24, 2.45) is 17.8 Å². The molecule has 0 aliphatic rings. The second-order valence-corrected chi connectivity index (χ2v) is 6.18. The molecule has 108 valence electrons. The normalized spacial score (nSPS) is 11.8. The molecule has 2 aromatic rings. The van der Waals surface area contributed by atoms with E-state index < -0.39 is 0 Å². The van der Waals surface area contributed by atoms with Crippen LogP contribution in [-0.2, 0) is 0 Å². The van der Waals surface area contributed by atoms with E-state index in [4.69, 9.17) is 4.98 Å². The lowest BCUT2D eigenvalue weighted by Gasteiger charge is -2.25. The molecule has 3 heteroatoms. The van der Waals surface area contributed by atoms with Crippen LogP contribution in [0.3, 0.4) is 0 Å². The summed E-state index contributed by atoms with van der Waals surface area (Å²) in [6.07, 6.45) is 0. The Morgan fingerprint density at radius 2 is 1.50 bits per heavy atom. The number of aryl methyl sites for hydroxylation is 1. The SMILES string of the molecule is Cc1nc2ccccc2nc1NCC(C(C)C)C(C)C. The zero-order valence-electron chi connectivity index (χ0n) is 13.1. The van der Waals surface area contributed by atoms with Crippen LogP contribution in [0.1, 0.15) is 33.4 Å². The molecule has 0 fully saturated rings. The molecule has 0 unspecified atom stereocenters.